The van der Waals surface area contributed by atoms with Crippen molar-refractivity contribution in [2.45, 2.75) is 37.3 Å². The van der Waals surface area contributed by atoms with Gasteiger partial charge in [0, 0.05) is 21.8 Å². The average molecular weight is 620 g/mol. The molecule has 0 radical (unpaired) electrons. The van der Waals surface area contributed by atoms with E-state index in [-0.39, 0.29) is 28.0 Å². The number of nitrogens with one attached hydrogen (secondary N) is 3. The summed E-state index contributed by atoms with van der Waals surface area (Å²) in [4.78, 5) is 53.0. The number of benzene rings is 3. The van der Waals surface area contributed by atoms with E-state index in [9.17, 15) is 23.6 Å². The van der Waals surface area contributed by atoms with E-state index in [1.165, 1.54) is 36.0 Å². The van der Waals surface area contributed by atoms with Crippen LogP contribution in [-0.2, 0) is 9.53 Å². The SMILES string of the molecule is CCOC(=O)c1c(NC(=O)C(CC)Sc2cccc(NC(=O)c3ccc(F)cc3)c2)sc(C(=O)Nc2ccccc2)c1C. The van der Waals surface area contributed by atoms with E-state index >= 15 is 0 Å². The van der Waals surface area contributed by atoms with E-state index in [0.29, 0.717) is 28.9 Å². The number of anilines is 3. The van der Waals surface area contributed by atoms with Crippen molar-refractivity contribution in [3.05, 3.63) is 106 Å². The highest BCUT2D eigenvalue weighted by atomic mass is 32.2. The first kappa shape index (κ1) is 31.5. The molecule has 11 heteroatoms. The van der Waals surface area contributed by atoms with Crippen molar-refractivity contribution in [3.8, 4) is 0 Å². The van der Waals surface area contributed by atoms with Gasteiger partial charge in [-0.05, 0) is 80.4 Å². The smallest absolute Gasteiger partial charge is 0.341 e. The maximum Gasteiger partial charge on any atom is 0.341 e. The molecule has 0 aliphatic heterocycles. The van der Waals surface area contributed by atoms with Crippen molar-refractivity contribution in [1.82, 2.24) is 0 Å². The van der Waals surface area contributed by atoms with Crippen LogP contribution in [0.5, 0.6) is 0 Å². The molecule has 0 spiro atoms. The summed E-state index contributed by atoms with van der Waals surface area (Å²) in [7, 11) is 0. The fourth-order valence-electron chi connectivity index (χ4n) is 4.11. The predicted molar refractivity (Wildman–Crippen MR) is 169 cm³/mol. The van der Waals surface area contributed by atoms with E-state index in [4.69, 9.17) is 4.74 Å². The molecule has 4 aromatic rings. The predicted octanol–water partition coefficient (Wildman–Crippen LogP) is 7.39. The minimum absolute atomic E-state index is 0.133. The van der Waals surface area contributed by atoms with Crippen molar-refractivity contribution >= 4 is 63.2 Å². The summed E-state index contributed by atoms with van der Waals surface area (Å²) >= 11 is 2.31. The van der Waals surface area contributed by atoms with Gasteiger partial charge in [-0.1, -0.05) is 31.2 Å². The zero-order valence-corrected chi connectivity index (χ0v) is 25.4. The third-order valence-corrected chi connectivity index (χ3v) is 8.80. The molecule has 43 heavy (non-hydrogen) atoms. The van der Waals surface area contributed by atoms with Crippen LogP contribution >= 0.6 is 23.1 Å². The first-order chi connectivity index (χ1) is 20.7. The van der Waals surface area contributed by atoms with Crippen LogP contribution in [0.4, 0.5) is 20.8 Å². The van der Waals surface area contributed by atoms with Crippen LogP contribution in [0.2, 0.25) is 0 Å². The van der Waals surface area contributed by atoms with Gasteiger partial charge in [0.1, 0.15) is 10.8 Å². The molecule has 1 unspecified atom stereocenters. The first-order valence-corrected chi connectivity index (χ1v) is 15.2. The Labute approximate surface area is 257 Å². The standard InChI is InChI=1S/C32H30FN3O5S2/c1-4-25(42-24-13-9-12-23(18-24)35-28(37)20-14-16-21(33)17-15-20)29(38)36-31-26(32(40)41-5-2)19(3)27(43-31)30(39)34-22-10-7-6-8-11-22/h6-18,25H,4-5H2,1-3H3,(H,34,39)(H,35,37)(H,36,38). The molecule has 0 fully saturated rings. The van der Waals surface area contributed by atoms with Crippen LogP contribution in [0.25, 0.3) is 0 Å². The van der Waals surface area contributed by atoms with Gasteiger partial charge in [0.05, 0.1) is 22.3 Å². The molecule has 1 aromatic heterocycles. The number of hydrogen-bond acceptors (Lipinski definition) is 7. The summed E-state index contributed by atoms with van der Waals surface area (Å²) in [5.74, 6) is -2.21. The zero-order chi connectivity index (χ0) is 30.9. The summed E-state index contributed by atoms with van der Waals surface area (Å²) in [6, 6.07) is 21.2. The third kappa shape index (κ3) is 8.08. The topological polar surface area (TPSA) is 114 Å². The summed E-state index contributed by atoms with van der Waals surface area (Å²) in [5, 5.41) is 8.13. The number of thiophene rings is 1. The number of halogens is 1. The summed E-state index contributed by atoms with van der Waals surface area (Å²) in [6.07, 6.45) is 0.461. The molecule has 0 saturated carbocycles. The summed E-state index contributed by atoms with van der Waals surface area (Å²) in [6.45, 7) is 5.33. The number of thioether (sulfide) groups is 1. The number of hydrogen-bond donors (Lipinski definition) is 3. The first-order valence-electron chi connectivity index (χ1n) is 13.5. The van der Waals surface area contributed by atoms with Gasteiger partial charge >= 0.3 is 5.97 Å². The number of carbonyl (C=O) groups is 4. The number of esters is 1. The monoisotopic (exact) mass is 619 g/mol. The Morgan fingerprint density at radius 1 is 0.860 bits per heavy atom. The van der Waals surface area contributed by atoms with Gasteiger partial charge < -0.3 is 20.7 Å². The molecule has 0 bridgehead atoms. The van der Waals surface area contributed by atoms with E-state index in [1.54, 1.807) is 56.3 Å². The molecular weight excluding hydrogens is 590 g/mol. The Balaban J connectivity index is 1.51. The van der Waals surface area contributed by atoms with Crippen LogP contribution in [0.15, 0.2) is 83.8 Å². The number of para-hydroxylation sites is 1. The lowest BCUT2D eigenvalue weighted by Gasteiger charge is -2.15. The van der Waals surface area contributed by atoms with Crippen LogP contribution < -0.4 is 16.0 Å². The second kappa shape index (κ2) is 14.6. The molecule has 1 atom stereocenters. The minimum Gasteiger partial charge on any atom is -0.462 e. The molecular formula is C32H30FN3O5S2. The quantitative estimate of drug-likeness (QED) is 0.119. The fraction of sp³-hybridized carbons (Fsp3) is 0.188. The van der Waals surface area contributed by atoms with Crippen molar-refractivity contribution in [2.24, 2.45) is 0 Å². The lowest BCUT2D eigenvalue weighted by Crippen LogP contribution is -2.25. The second-order valence-electron chi connectivity index (χ2n) is 9.29. The van der Waals surface area contributed by atoms with Gasteiger partial charge in [-0.25, -0.2) is 9.18 Å². The Morgan fingerprint density at radius 3 is 2.21 bits per heavy atom. The minimum atomic E-state index is -0.629. The van der Waals surface area contributed by atoms with Crippen molar-refractivity contribution in [2.75, 3.05) is 22.6 Å². The van der Waals surface area contributed by atoms with Crippen LogP contribution in [0, 0.1) is 12.7 Å². The molecule has 3 amide bonds. The van der Waals surface area contributed by atoms with Gasteiger partial charge in [-0.2, -0.15) is 0 Å². The Hall–Kier alpha value is -4.48. The summed E-state index contributed by atoms with van der Waals surface area (Å²) in [5.41, 5.74) is 1.98. The molecule has 222 valence electrons. The Morgan fingerprint density at radius 2 is 1.53 bits per heavy atom. The number of rotatable bonds is 11. The second-order valence-corrected chi connectivity index (χ2v) is 11.6. The number of carbonyl (C=O) groups excluding carboxylic acids is 4. The fourth-order valence-corrected chi connectivity index (χ4v) is 6.21. The lowest BCUT2D eigenvalue weighted by atomic mass is 10.1. The molecule has 3 aromatic carbocycles. The highest BCUT2D eigenvalue weighted by Gasteiger charge is 2.28. The van der Waals surface area contributed by atoms with E-state index in [1.807, 2.05) is 19.1 Å². The number of amides is 3. The Kier molecular flexibility index (Phi) is 10.7. The molecule has 4 rings (SSSR count). The maximum atomic E-state index is 13.5. The lowest BCUT2D eigenvalue weighted by molar-refractivity contribution is -0.115. The van der Waals surface area contributed by atoms with Crippen LogP contribution in [0.3, 0.4) is 0 Å². The Bertz CT molecular complexity index is 1620. The van der Waals surface area contributed by atoms with Crippen LogP contribution in [0.1, 0.15) is 56.2 Å². The van der Waals surface area contributed by atoms with E-state index < -0.39 is 28.9 Å². The molecule has 0 aliphatic rings. The van der Waals surface area contributed by atoms with Crippen molar-refractivity contribution in [3.63, 3.8) is 0 Å². The third-order valence-electron chi connectivity index (χ3n) is 6.24. The highest BCUT2D eigenvalue weighted by molar-refractivity contribution is 8.00. The van der Waals surface area contributed by atoms with Crippen LogP contribution in [-0.4, -0.2) is 35.5 Å². The van der Waals surface area contributed by atoms with Gasteiger partial charge in [0.15, 0.2) is 0 Å². The van der Waals surface area contributed by atoms with Gasteiger partial charge in [0.2, 0.25) is 5.91 Å². The van der Waals surface area contributed by atoms with Gasteiger partial charge in [-0.3, -0.25) is 14.4 Å². The molecule has 3 N–H and O–H groups in total. The normalized spacial score (nSPS) is 11.3. The maximum absolute atomic E-state index is 13.5. The van der Waals surface area contributed by atoms with Gasteiger partial charge in [0.25, 0.3) is 11.8 Å². The number of ether oxygens (including phenoxy) is 1. The van der Waals surface area contributed by atoms with Crippen molar-refractivity contribution in [1.29, 1.82) is 0 Å². The largest absolute Gasteiger partial charge is 0.462 e. The molecule has 1 heterocycles. The zero-order valence-electron chi connectivity index (χ0n) is 23.7. The average Bonchev–Trinajstić information content (AvgIpc) is 3.32. The van der Waals surface area contributed by atoms with Crippen molar-refractivity contribution < 1.29 is 28.3 Å². The van der Waals surface area contributed by atoms with Gasteiger partial charge in [-0.15, -0.1) is 23.1 Å². The molecule has 0 saturated heterocycles. The molecule has 0 aliphatic carbocycles. The van der Waals surface area contributed by atoms with E-state index in [0.717, 1.165) is 16.2 Å². The van der Waals surface area contributed by atoms with E-state index in [2.05, 4.69) is 16.0 Å². The molecule has 8 nitrogen and oxygen atoms in total. The summed E-state index contributed by atoms with van der Waals surface area (Å²) < 4.78 is 18.4. The highest BCUT2D eigenvalue weighted by Crippen LogP contribution is 2.36.